The molecule has 1 fully saturated rings. The number of aliphatic hydroxyl groups excluding tert-OH is 2. The van der Waals surface area contributed by atoms with Crippen molar-refractivity contribution in [2.75, 3.05) is 40.5 Å². The first-order chi connectivity index (χ1) is 17.1. The molecule has 2 aliphatic rings. The molecule has 5 atom stereocenters. The van der Waals surface area contributed by atoms with Gasteiger partial charge in [0.05, 0.1) is 6.61 Å². The Bertz CT molecular complexity index is 1050. The molecule has 0 saturated carbocycles. The molecule has 12 heteroatoms. The quantitative estimate of drug-likeness (QED) is 0.273. The summed E-state index contributed by atoms with van der Waals surface area (Å²) in [5, 5.41) is 36.9. The summed E-state index contributed by atoms with van der Waals surface area (Å²) in [6.45, 7) is 2.35. The molecule has 2 heterocycles. The fourth-order valence-corrected chi connectivity index (χ4v) is 4.97. The Morgan fingerprint density at radius 2 is 1.86 bits per heavy atom. The third kappa shape index (κ3) is 6.32. The summed E-state index contributed by atoms with van der Waals surface area (Å²) in [4.78, 5) is 37.2. The predicted octanol–water partition coefficient (Wildman–Crippen LogP) is 0.378. The van der Waals surface area contributed by atoms with Crippen molar-refractivity contribution in [1.82, 2.24) is 15.2 Å². The number of carbonyl (C=O) groups excluding carboxylic acids is 1. The van der Waals surface area contributed by atoms with Crippen LogP contribution in [0.5, 0.6) is 0 Å². The molecule has 1 aromatic carbocycles. The molecule has 0 bridgehead atoms. The number of ether oxygens (including phenoxy) is 2. The molecule has 0 radical (unpaired) electrons. The lowest BCUT2D eigenvalue weighted by Gasteiger charge is -2.45. The van der Waals surface area contributed by atoms with E-state index < -0.39 is 24.1 Å². The lowest BCUT2D eigenvalue weighted by Crippen LogP contribution is -2.50. The number of carbonyl (C=O) groups is 3. The minimum atomic E-state index is -2.27. The highest BCUT2D eigenvalue weighted by Gasteiger charge is 2.39. The van der Waals surface area contributed by atoms with Crippen LogP contribution in [0.15, 0.2) is 24.4 Å². The van der Waals surface area contributed by atoms with Crippen LogP contribution in [0.1, 0.15) is 23.5 Å². The highest BCUT2D eigenvalue weighted by molar-refractivity contribution is 5.88. The van der Waals surface area contributed by atoms with Crippen LogP contribution >= 0.6 is 0 Å². The summed E-state index contributed by atoms with van der Waals surface area (Å²) >= 11 is 0. The number of hydrogen-bond donors (Lipinski definition) is 6. The van der Waals surface area contributed by atoms with Gasteiger partial charge in [0, 0.05) is 49.3 Å². The Kier molecular flexibility index (Phi) is 9.26. The maximum Gasteiger partial charge on any atom is 0.407 e. The number of nitrogens with one attached hydrogen (secondary N) is 2. The number of rotatable bonds is 8. The van der Waals surface area contributed by atoms with Crippen molar-refractivity contribution >= 4 is 28.9 Å². The Hall–Kier alpha value is -3.19. The fraction of sp³-hybridized carbons (Fsp3) is 0.542. The molecule has 3 unspecified atom stereocenters. The summed E-state index contributed by atoms with van der Waals surface area (Å²) in [6, 6.07) is 7.12. The number of hydrogen-bond acceptors (Lipinski definition) is 8. The number of aromatic nitrogens is 1. The summed E-state index contributed by atoms with van der Waals surface area (Å²) in [5.41, 5.74) is 4.12. The van der Waals surface area contributed by atoms with E-state index in [0.29, 0.717) is 31.0 Å². The molecule has 198 valence electrons. The number of benzene rings is 1. The number of amides is 1. The van der Waals surface area contributed by atoms with Gasteiger partial charge >= 0.3 is 18.0 Å². The van der Waals surface area contributed by atoms with Crippen LogP contribution in [0.2, 0.25) is 0 Å². The Balaban J connectivity index is 0.000000308. The molecule has 36 heavy (non-hydrogen) atoms. The van der Waals surface area contributed by atoms with E-state index >= 15 is 0 Å². The number of piperidine rings is 1. The molecule has 6 N–H and O–H groups in total. The maximum atomic E-state index is 11.8. The van der Waals surface area contributed by atoms with Crippen molar-refractivity contribution < 1.29 is 44.3 Å². The molecular weight excluding hydrogens is 474 g/mol. The van der Waals surface area contributed by atoms with Gasteiger partial charge in [0.25, 0.3) is 0 Å². The van der Waals surface area contributed by atoms with Crippen molar-refractivity contribution in [3.63, 3.8) is 0 Å². The molecule has 1 aliphatic heterocycles. The molecular formula is C24H33N3O9. The number of aliphatic hydroxyl groups is 2. The summed E-state index contributed by atoms with van der Waals surface area (Å²) in [7, 11) is 3.80. The first-order valence-corrected chi connectivity index (χ1v) is 11.6. The van der Waals surface area contributed by atoms with Gasteiger partial charge in [-0.05, 0) is 43.0 Å². The standard InChI is InChI=1S/C20H27N3O3.C4H6O6/c1-23-12-13(10-22-20(24)26-7-6-25-2)8-16-15-4-3-5-17-19(15)14(11-21-17)9-18(16)23;5-1(3(7)8)2(6)4(9)10/h3-5,11,13,16,18,21H,6-10,12H2,1-2H3,(H,22,24);1-2,5-6H,(H,7,8)(H,9,10)/t13-,16?,18+;/m0./s1. The number of carboxylic acids is 2. The first kappa shape index (κ1) is 27.4. The second-order valence-electron chi connectivity index (χ2n) is 9.08. The highest BCUT2D eigenvalue weighted by atomic mass is 16.6. The van der Waals surface area contributed by atoms with Crippen molar-refractivity contribution in [3.05, 3.63) is 35.5 Å². The zero-order valence-corrected chi connectivity index (χ0v) is 20.2. The summed E-state index contributed by atoms with van der Waals surface area (Å²) in [6.07, 6.45) is -0.531. The maximum absolute atomic E-state index is 11.8. The van der Waals surface area contributed by atoms with Gasteiger partial charge in [-0.15, -0.1) is 0 Å². The van der Waals surface area contributed by atoms with Crippen LogP contribution in [0, 0.1) is 5.92 Å². The van der Waals surface area contributed by atoms with Crippen LogP contribution in [-0.4, -0.2) is 107 Å². The fourth-order valence-electron chi connectivity index (χ4n) is 4.97. The molecule has 2 aromatic rings. The van der Waals surface area contributed by atoms with Crippen molar-refractivity contribution in [1.29, 1.82) is 0 Å². The smallest absolute Gasteiger partial charge is 0.407 e. The number of alkyl carbamates (subject to hydrolysis) is 1. The topological polar surface area (TPSA) is 182 Å². The predicted molar refractivity (Wildman–Crippen MR) is 128 cm³/mol. The van der Waals surface area contributed by atoms with Gasteiger partial charge in [-0.1, -0.05) is 12.1 Å². The largest absolute Gasteiger partial charge is 0.479 e. The third-order valence-electron chi connectivity index (χ3n) is 6.67. The molecule has 4 rings (SSSR count). The van der Waals surface area contributed by atoms with E-state index in [9.17, 15) is 14.4 Å². The third-order valence-corrected chi connectivity index (χ3v) is 6.67. The number of aliphatic carboxylic acids is 2. The lowest BCUT2D eigenvalue weighted by atomic mass is 9.72. The van der Waals surface area contributed by atoms with E-state index in [1.54, 1.807) is 7.11 Å². The van der Waals surface area contributed by atoms with Gasteiger partial charge in [-0.25, -0.2) is 14.4 Å². The molecule has 12 nitrogen and oxygen atoms in total. The van der Waals surface area contributed by atoms with Crippen molar-refractivity contribution in [2.45, 2.75) is 37.0 Å². The second kappa shape index (κ2) is 12.2. The van der Waals surface area contributed by atoms with Crippen molar-refractivity contribution in [2.24, 2.45) is 5.92 Å². The molecule has 1 aromatic heterocycles. The number of fused-ring (bicyclic) bond motifs is 2. The Morgan fingerprint density at radius 1 is 1.17 bits per heavy atom. The number of likely N-dealkylation sites (N-methyl/N-ethyl adjacent to an activating group) is 1. The minimum Gasteiger partial charge on any atom is -0.479 e. The number of aromatic amines is 1. The van der Waals surface area contributed by atoms with Gasteiger partial charge < -0.3 is 45.1 Å². The Morgan fingerprint density at radius 3 is 2.50 bits per heavy atom. The molecule has 1 saturated heterocycles. The monoisotopic (exact) mass is 507 g/mol. The number of H-pyrrole nitrogens is 1. The number of methoxy groups -OCH3 is 1. The van der Waals surface area contributed by atoms with E-state index in [-0.39, 0.29) is 12.7 Å². The number of nitrogens with zero attached hydrogens (tertiary/aromatic N) is 1. The highest BCUT2D eigenvalue weighted by Crippen LogP contribution is 2.44. The normalized spacial score (nSPS) is 22.5. The molecule has 1 amide bonds. The van der Waals surface area contributed by atoms with Crippen LogP contribution in [0.4, 0.5) is 4.79 Å². The van der Waals surface area contributed by atoms with E-state index in [1.807, 2.05) is 0 Å². The van der Waals surface area contributed by atoms with Gasteiger partial charge in [0.1, 0.15) is 6.61 Å². The average Bonchev–Trinajstić information content (AvgIpc) is 3.27. The van der Waals surface area contributed by atoms with E-state index in [2.05, 4.69) is 46.6 Å². The zero-order valence-electron chi connectivity index (χ0n) is 20.2. The van der Waals surface area contributed by atoms with Gasteiger partial charge in [-0.2, -0.15) is 0 Å². The van der Waals surface area contributed by atoms with Crippen LogP contribution < -0.4 is 5.32 Å². The number of likely N-dealkylation sites (tertiary alicyclic amines) is 1. The van der Waals surface area contributed by atoms with Crippen molar-refractivity contribution in [3.8, 4) is 0 Å². The van der Waals surface area contributed by atoms with Crippen LogP contribution in [-0.2, 0) is 25.5 Å². The molecule has 1 aliphatic carbocycles. The van der Waals surface area contributed by atoms with Gasteiger partial charge in [0.2, 0.25) is 0 Å². The lowest BCUT2D eigenvalue weighted by molar-refractivity contribution is -0.165. The van der Waals surface area contributed by atoms with Gasteiger partial charge in [-0.3, -0.25) is 0 Å². The molecule has 0 spiro atoms. The first-order valence-electron chi connectivity index (χ1n) is 11.6. The van der Waals surface area contributed by atoms with E-state index in [1.165, 1.54) is 22.0 Å². The van der Waals surface area contributed by atoms with E-state index in [0.717, 1.165) is 19.4 Å². The average molecular weight is 508 g/mol. The van der Waals surface area contributed by atoms with Crippen LogP contribution in [0.25, 0.3) is 10.9 Å². The zero-order chi connectivity index (χ0) is 26.4. The number of carboxylic acid groups (broad SMARTS) is 2. The van der Waals surface area contributed by atoms with Gasteiger partial charge in [0.15, 0.2) is 12.2 Å². The second-order valence-corrected chi connectivity index (χ2v) is 9.08. The SMILES string of the molecule is COCCOC(=O)NC[C@@H]1CC2c3cccc4[nH]cc(c34)C[C@H]2N(C)C1.O=C(O)C(O)C(O)C(=O)O. The minimum absolute atomic E-state index is 0.288. The summed E-state index contributed by atoms with van der Waals surface area (Å²) in [5.74, 6) is -2.60. The summed E-state index contributed by atoms with van der Waals surface area (Å²) < 4.78 is 9.99. The Labute approximate surface area is 207 Å². The van der Waals surface area contributed by atoms with Crippen LogP contribution in [0.3, 0.4) is 0 Å². The van der Waals surface area contributed by atoms with E-state index in [4.69, 9.17) is 29.9 Å².